The van der Waals surface area contributed by atoms with Crippen LogP contribution in [0.4, 0.5) is 10.5 Å². The van der Waals surface area contributed by atoms with Gasteiger partial charge in [0.25, 0.3) is 0 Å². The normalized spacial score (nSPS) is 12.8. The predicted octanol–water partition coefficient (Wildman–Crippen LogP) is 8.18. The second kappa shape index (κ2) is 13.6. The molecule has 1 amide bonds. The zero-order valence-electron chi connectivity index (χ0n) is 22.9. The molecule has 0 saturated carbocycles. The number of anilines is 1. The third-order valence-corrected chi connectivity index (χ3v) is 7.13. The van der Waals surface area contributed by atoms with Gasteiger partial charge in [-0.25, -0.2) is 4.79 Å². The highest BCUT2D eigenvalue weighted by Gasteiger charge is 2.40. The van der Waals surface area contributed by atoms with Crippen LogP contribution in [0.15, 0.2) is 115 Å². The number of carbonyl (C=O) groups excluding carboxylic acids is 1. The summed E-state index contributed by atoms with van der Waals surface area (Å²) in [6, 6.07) is 37.8. The Labute approximate surface area is 231 Å². The number of rotatable bonds is 12. The zero-order valence-corrected chi connectivity index (χ0v) is 22.9. The van der Waals surface area contributed by atoms with Crippen LogP contribution < -0.4 is 10.1 Å². The summed E-state index contributed by atoms with van der Waals surface area (Å²) in [7, 11) is 0. The lowest BCUT2D eigenvalue weighted by molar-refractivity contribution is -0.121. The first kappa shape index (κ1) is 27.9. The Morgan fingerprint density at radius 1 is 0.769 bits per heavy atom. The van der Waals surface area contributed by atoms with Gasteiger partial charge in [0, 0.05) is 5.69 Å². The van der Waals surface area contributed by atoms with Gasteiger partial charge >= 0.3 is 6.09 Å². The van der Waals surface area contributed by atoms with Crippen LogP contribution in [0.3, 0.4) is 0 Å². The predicted molar refractivity (Wildman–Crippen MR) is 156 cm³/mol. The maximum absolute atomic E-state index is 12.3. The first-order valence-electron chi connectivity index (χ1n) is 13.5. The maximum Gasteiger partial charge on any atom is 0.411 e. The Morgan fingerprint density at radius 3 is 1.85 bits per heavy atom. The van der Waals surface area contributed by atoms with E-state index in [1.54, 1.807) is 12.1 Å². The molecule has 0 bridgehead atoms. The number of hydrogen-bond donors (Lipinski definition) is 1. The number of carbonyl (C=O) groups is 1. The molecule has 2 unspecified atom stereocenters. The van der Waals surface area contributed by atoms with Crippen molar-refractivity contribution in [2.75, 3.05) is 18.5 Å². The van der Waals surface area contributed by atoms with Gasteiger partial charge in [-0.3, -0.25) is 5.32 Å². The average molecular weight is 524 g/mol. The van der Waals surface area contributed by atoms with Gasteiger partial charge in [0.2, 0.25) is 6.29 Å². The summed E-state index contributed by atoms with van der Waals surface area (Å²) < 4.78 is 18.4. The molecule has 0 aliphatic carbocycles. The quantitative estimate of drug-likeness (QED) is 0.150. The highest BCUT2D eigenvalue weighted by molar-refractivity contribution is 5.84. The molecular weight excluding hydrogens is 486 g/mol. The van der Waals surface area contributed by atoms with Crippen LogP contribution in [0.5, 0.6) is 5.75 Å². The maximum atomic E-state index is 12.3. The molecule has 0 heterocycles. The molecule has 4 aromatic carbocycles. The number of ether oxygens (including phenoxy) is 3. The van der Waals surface area contributed by atoms with E-state index in [0.717, 1.165) is 17.5 Å². The largest absolute Gasteiger partial charge is 0.464 e. The first-order chi connectivity index (χ1) is 19.0. The van der Waals surface area contributed by atoms with Crippen molar-refractivity contribution in [2.24, 2.45) is 0 Å². The summed E-state index contributed by atoms with van der Waals surface area (Å²) in [5, 5.41) is 2.72. The molecule has 202 valence electrons. The molecule has 0 saturated heterocycles. The minimum absolute atomic E-state index is 0.0745. The monoisotopic (exact) mass is 523 g/mol. The van der Waals surface area contributed by atoms with Gasteiger partial charge in [-0.2, -0.15) is 0 Å². The van der Waals surface area contributed by atoms with Crippen molar-refractivity contribution in [3.8, 4) is 5.75 Å². The fourth-order valence-electron chi connectivity index (χ4n) is 4.53. The van der Waals surface area contributed by atoms with Crippen molar-refractivity contribution in [2.45, 2.75) is 44.8 Å². The van der Waals surface area contributed by atoms with Crippen LogP contribution in [0, 0.1) is 0 Å². The minimum Gasteiger partial charge on any atom is -0.464 e. The van der Waals surface area contributed by atoms with E-state index in [1.165, 1.54) is 5.56 Å². The molecule has 1 N–H and O–H groups in total. The zero-order chi connectivity index (χ0) is 27.5. The van der Waals surface area contributed by atoms with Crippen molar-refractivity contribution in [1.82, 2.24) is 0 Å². The van der Waals surface area contributed by atoms with Crippen molar-refractivity contribution in [3.05, 3.63) is 132 Å². The lowest BCUT2D eigenvalue weighted by atomic mass is 9.75. The van der Waals surface area contributed by atoms with Crippen LogP contribution in [0.2, 0.25) is 0 Å². The summed E-state index contributed by atoms with van der Waals surface area (Å²) in [5.74, 6) is 1.19. The lowest BCUT2D eigenvalue weighted by Gasteiger charge is -2.38. The van der Waals surface area contributed by atoms with Gasteiger partial charge in [-0.1, -0.05) is 105 Å². The van der Waals surface area contributed by atoms with E-state index in [9.17, 15) is 4.79 Å². The summed E-state index contributed by atoms with van der Waals surface area (Å²) in [5.41, 5.74) is 3.41. The molecule has 0 aliphatic rings. The number of amides is 1. The molecule has 0 fully saturated rings. The Bertz CT molecular complexity index is 1240. The van der Waals surface area contributed by atoms with Crippen LogP contribution in [0.1, 0.15) is 49.8 Å². The Balaban J connectivity index is 1.55. The molecule has 4 rings (SSSR count). The summed E-state index contributed by atoms with van der Waals surface area (Å²) in [6.07, 6.45) is -0.154. The summed E-state index contributed by atoms with van der Waals surface area (Å²) in [4.78, 5) is 12.3. The third-order valence-electron chi connectivity index (χ3n) is 7.13. The topological polar surface area (TPSA) is 56.8 Å². The molecule has 0 radical (unpaired) electrons. The number of benzene rings is 4. The van der Waals surface area contributed by atoms with E-state index in [-0.39, 0.29) is 13.2 Å². The molecule has 4 aromatic rings. The highest BCUT2D eigenvalue weighted by atomic mass is 16.7. The van der Waals surface area contributed by atoms with E-state index in [4.69, 9.17) is 14.2 Å². The molecule has 0 aromatic heterocycles. The number of nitrogens with one attached hydrogen (secondary N) is 1. The second-order valence-corrected chi connectivity index (χ2v) is 9.76. The Hall–Kier alpha value is -4.09. The van der Waals surface area contributed by atoms with Gasteiger partial charge in [0.15, 0.2) is 0 Å². The lowest BCUT2D eigenvalue weighted by Crippen LogP contribution is -2.44. The van der Waals surface area contributed by atoms with E-state index in [1.807, 2.05) is 66.7 Å². The van der Waals surface area contributed by atoms with E-state index < -0.39 is 17.8 Å². The number of para-hydroxylation sites is 1. The van der Waals surface area contributed by atoms with Gasteiger partial charge in [-0.05, 0) is 60.2 Å². The molecule has 5 nitrogen and oxygen atoms in total. The molecular formula is C34H37NO4. The van der Waals surface area contributed by atoms with Crippen LogP contribution in [-0.2, 0) is 14.9 Å². The second-order valence-electron chi connectivity index (χ2n) is 9.76. The first-order valence-corrected chi connectivity index (χ1v) is 13.5. The standard InChI is InChI=1S/C34H37NO4/c1-4-26(2)27-20-22-31(23-21-27)39-32(37-24-25-38-33(36)35-30-18-12-7-13-19-30)34(3,28-14-8-5-9-15-28)29-16-10-6-11-17-29/h5-23,26,32H,4,24-25H2,1-3H3,(H,35,36). The fourth-order valence-corrected chi connectivity index (χ4v) is 4.53. The van der Waals surface area contributed by atoms with Crippen molar-refractivity contribution in [1.29, 1.82) is 0 Å². The molecule has 0 spiro atoms. The van der Waals surface area contributed by atoms with E-state index in [2.05, 4.69) is 62.5 Å². The van der Waals surface area contributed by atoms with Gasteiger partial charge in [0.05, 0.1) is 12.0 Å². The summed E-state index contributed by atoms with van der Waals surface area (Å²) in [6.45, 7) is 6.76. The van der Waals surface area contributed by atoms with Gasteiger partial charge in [0.1, 0.15) is 12.4 Å². The van der Waals surface area contributed by atoms with Crippen LogP contribution >= 0.6 is 0 Å². The highest BCUT2D eigenvalue weighted by Crippen LogP contribution is 2.38. The molecule has 39 heavy (non-hydrogen) atoms. The number of hydrogen-bond acceptors (Lipinski definition) is 4. The minimum atomic E-state index is -0.697. The van der Waals surface area contributed by atoms with E-state index >= 15 is 0 Å². The fraction of sp³-hybridized carbons (Fsp3) is 0.265. The van der Waals surface area contributed by atoms with Gasteiger partial charge in [-0.15, -0.1) is 0 Å². The average Bonchev–Trinajstić information content (AvgIpc) is 2.99. The van der Waals surface area contributed by atoms with Crippen LogP contribution in [-0.4, -0.2) is 25.6 Å². The molecule has 2 atom stereocenters. The SMILES string of the molecule is CCC(C)c1ccc(OC(OCCOC(=O)Nc2ccccc2)C(C)(c2ccccc2)c2ccccc2)cc1. The third kappa shape index (κ3) is 7.27. The van der Waals surface area contributed by atoms with E-state index in [0.29, 0.717) is 17.4 Å². The summed E-state index contributed by atoms with van der Waals surface area (Å²) >= 11 is 0. The van der Waals surface area contributed by atoms with Crippen molar-refractivity contribution >= 4 is 11.8 Å². The van der Waals surface area contributed by atoms with Gasteiger partial charge < -0.3 is 14.2 Å². The Kier molecular flexibility index (Phi) is 9.76. The molecule has 5 heteroatoms. The van der Waals surface area contributed by atoms with Crippen molar-refractivity contribution in [3.63, 3.8) is 0 Å². The van der Waals surface area contributed by atoms with Crippen molar-refractivity contribution < 1.29 is 19.0 Å². The smallest absolute Gasteiger partial charge is 0.411 e. The molecule has 0 aliphatic heterocycles. The van der Waals surface area contributed by atoms with Crippen LogP contribution in [0.25, 0.3) is 0 Å². The Morgan fingerprint density at radius 2 is 1.31 bits per heavy atom.